The van der Waals surface area contributed by atoms with Gasteiger partial charge in [-0.15, -0.1) is 0 Å². The largest absolute Gasteiger partial charge is 0.390 e. The summed E-state index contributed by atoms with van der Waals surface area (Å²) in [5, 5.41) is 10.4. The molecule has 0 radical (unpaired) electrons. The molecule has 0 aromatic carbocycles. The van der Waals surface area contributed by atoms with Gasteiger partial charge in [-0.3, -0.25) is 0 Å². The van der Waals surface area contributed by atoms with Crippen LogP contribution in [0.3, 0.4) is 0 Å². The molecule has 0 aromatic rings. The molecule has 5 atom stereocenters. The number of fused-ring (bicyclic) bond motifs is 2. The maximum atomic E-state index is 10.4. The fourth-order valence-electron chi connectivity index (χ4n) is 4.42. The molecule has 3 aliphatic rings. The topological polar surface area (TPSA) is 20.2 Å². The Bertz CT molecular complexity index is 250. The highest BCUT2D eigenvalue weighted by molar-refractivity contribution is 5.06. The van der Waals surface area contributed by atoms with Gasteiger partial charge in [0.25, 0.3) is 0 Å². The second-order valence-electron chi connectivity index (χ2n) is 6.43. The number of hydrogen-bond acceptors (Lipinski definition) is 1. The molecule has 0 spiro atoms. The van der Waals surface area contributed by atoms with E-state index in [1.54, 1.807) is 0 Å². The van der Waals surface area contributed by atoms with Crippen molar-refractivity contribution < 1.29 is 5.11 Å². The van der Waals surface area contributed by atoms with Crippen molar-refractivity contribution >= 4 is 0 Å². The predicted molar refractivity (Wildman–Crippen MR) is 61.5 cm³/mol. The van der Waals surface area contributed by atoms with Gasteiger partial charge in [-0.25, -0.2) is 0 Å². The molecule has 2 bridgehead atoms. The molecule has 5 unspecified atom stereocenters. The highest BCUT2D eigenvalue weighted by Gasteiger charge is 2.54. The van der Waals surface area contributed by atoms with Crippen LogP contribution in [0, 0.1) is 23.7 Å². The van der Waals surface area contributed by atoms with Crippen LogP contribution in [-0.4, -0.2) is 10.7 Å². The summed E-state index contributed by atoms with van der Waals surface area (Å²) in [7, 11) is 0. The van der Waals surface area contributed by atoms with Gasteiger partial charge in [0, 0.05) is 0 Å². The van der Waals surface area contributed by atoms with Crippen LogP contribution in [0.4, 0.5) is 0 Å². The second-order valence-corrected chi connectivity index (χ2v) is 6.43. The molecule has 86 valence electrons. The third-order valence-electron chi connectivity index (χ3n) is 5.34. The molecule has 3 rings (SSSR count). The maximum Gasteiger partial charge on any atom is 0.0683 e. The van der Waals surface area contributed by atoms with E-state index in [0.29, 0.717) is 5.92 Å². The molecule has 3 fully saturated rings. The summed E-state index contributed by atoms with van der Waals surface area (Å²) in [5.41, 5.74) is -0.217. The Hall–Kier alpha value is -0.0400. The van der Waals surface area contributed by atoms with Crippen molar-refractivity contribution in [3.8, 4) is 0 Å². The van der Waals surface area contributed by atoms with E-state index in [4.69, 9.17) is 0 Å². The van der Waals surface area contributed by atoms with Gasteiger partial charge in [0.05, 0.1) is 5.60 Å². The Morgan fingerprint density at radius 3 is 2.73 bits per heavy atom. The zero-order chi connectivity index (χ0) is 10.5. The van der Waals surface area contributed by atoms with Crippen molar-refractivity contribution in [3.63, 3.8) is 0 Å². The molecule has 15 heavy (non-hydrogen) atoms. The van der Waals surface area contributed by atoms with Gasteiger partial charge < -0.3 is 5.11 Å². The molecule has 1 heteroatoms. The van der Waals surface area contributed by atoms with Gasteiger partial charge in [0.1, 0.15) is 0 Å². The molecule has 0 heterocycles. The molecular formula is C14H24O. The van der Waals surface area contributed by atoms with Crippen molar-refractivity contribution in [1.82, 2.24) is 0 Å². The van der Waals surface area contributed by atoms with E-state index >= 15 is 0 Å². The van der Waals surface area contributed by atoms with E-state index in [0.717, 1.165) is 30.6 Å². The van der Waals surface area contributed by atoms with Crippen LogP contribution >= 0.6 is 0 Å². The Balaban J connectivity index is 1.54. The standard InChI is InChI=1S/C14H24O/c1-2-3-13-9-14(13,15)8-12-7-10-4-5-11(12)6-10/h10-13,15H,2-9H2,1H3. The minimum atomic E-state index is -0.217. The molecule has 3 aliphatic carbocycles. The smallest absolute Gasteiger partial charge is 0.0683 e. The predicted octanol–water partition coefficient (Wildman–Crippen LogP) is 3.36. The van der Waals surface area contributed by atoms with Crippen LogP contribution in [0.5, 0.6) is 0 Å². The van der Waals surface area contributed by atoms with Crippen molar-refractivity contribution in [2.75, 3.05) is 0 Å². The van der Waals surface area contributed by atoms with E-state index in [-0.39, 0.29) is 5.60 Å². The van der Waals surface area contributed by atoms with Gasteiger partial charge >= 0.3 is 0 Å². The van der Waals surface area contributed by atoms with Gasteiger partial charge in [-0.05, 0) is 62.2 Å². The number of rotatable bonds is 4. The first-order chi connectivity index (χ1) is 7.21. The molecule has 3 saturated carbocycles. The summed E-state index contributed by atoms with van der Waals surface area (Å²) in [6.07, 6.45) is 10.6. The van der Waals surface area contributed by atoms with Crippen molar-refractivity contribution in [1.29, 1.82) is 0 Å². The van der Waals surface area contributed by atoms with Gasteiger partial charge in [0.2, 0.25) is 0 Å². The summed E-state index contributed by atoms with van der Waals surface area (Å²) in [5.74, 6) is 3.56. The molecule has 0 aromatic heterocycles. The Morgan fingerprint density at radius 1 is 1.27 bits per heavy atom. The van der Waals surface area contributed by atoms with Crippen LogP contribution in [0.15, 0.2) is 0 Å². The molecule has 0 aliphatic heterocycles. The minimum absolute atomic E-state index is 0.217. The highest BCUT2D eigenvalue weighted by Crippen LogP contribution is 2.57. The summed E-state index contributed by atoms with van der Waals surface area (Å²) in [6, 6.07) is 0. The first-order valence-electron chi connectivity index (χ1n) is 6.93. The maximum absolute atomic E-state index is 10.4. The van der Waals surface area contributed by atoms with E-state index in [9.17, 15) is 5.11 Å². The Labute approximate surface area is 93.3 Å². The van der Waals surface area contributed by atoms with Crippen LogP contribution < -0.4 is 0 Å². The Morgan fingerprint density at radius 2 is 2.13 bits per heavy atom. The third kappa shape index (κ3) is 1.73. The van der Waals surface area contributed by atoms with Crippen molar-refractivity contribution in [2.24, 2.45) is 23.7 Å². The SMILES string of the molecule is CCCC1CC1(O)CC1CC2CCC1C2. The van der Waals surface area contributed by atoms with E-state index in [1.165, 1.54) is 38.5 Å². The van der Waals surface area contributed by atoms with E-state index in [2.05, 4.69) is 6.92 Å². The molecular weight excluding hydrogens is 184 g/mol. The van der Waals surface area contributed by atoms with Crippen LogP contribution in [0.1, 0.15) is 58.3 Å². The first kappa shape index (κ1) is 10.1. The lowest BCUT2D eigenvalue weighted by Gasteiger charge is -2.24. The minimum Gasteiger partial charge on any atom is -0.390 e. The van der Waals surface area contributed by atoms with Crippen LogP contribution in [-0.2, 0) is 0 Å². The number of hydrogen-bond donors (Lipinski definition) is 1. The normalized spacial score (nSPS) is 52.4. The summed E-state index contributed by atoms with van der Waals surface area (Å²) < 4.78 is 0. The van der Waals surface area contributed by atoms with Crippen molar-refractivity contribution in [3.05, 3.63) is 0 Å². The van der Waals surface area contributed by atoms with E-state index in [1.807, 2.05) is 0 Å². The van der Waals surface area contributed by atoms with Gasteiger partial charge in [0.15, 0.2) is 0 Å². The molecule has 1 N–H and O–H groups in total. The number of aliphatic hydroxyl groups is 1. The van der Waals surface area contributed by atoms with Crippen LogP contribution in [0.25, 0.3) is 0 Å². The quantitative estimate of drug-likeness (QED) is 0.751. The second kappa shape index (κ2) is 3.48. The lowest BCUT2D eigenvalue weighted by atomic mass is 9.83. The molecule has 0 amide bonds. The average Bonchev–Trinajstić information content (AvgIpc) is 2.63. The summed E-state index contributed by atoms with van der Waals surface area (Å²) in [6.45, 7) is 2.23. The Kier molecular flexibility index (Phi) is 2.35. The zero-order valence-corrected chi connectivity index (χ0v) is 9.91. The molecule has 1 nitrogen and oxygen atoms in total. The highest BCUT2D eigenvalue weighted by atomic mass is 16.3. The van der Waals surface area contributed by atoms with E-state index < -0.39 is 0 Å². The van der Waals surface area contributed by atoms with Crippen LogP contribution in [0.2, 0.25) is 0 Å². The van der Waals surface area contributed by atoms with Crippen molar-refractivity contribution in [2.45, 2.75) is 63.9 Å². The first-order valence-corrected chi connectivity index (χ1v) is 6.93. The molecule has 0 saturated heterocycles. The lowest BCUT2D eigenvalue weighted by Crippen LogP contribution is -2.21. The summed E-state index contributed by atoms with van der Waals surface area (Å²) >= 11 is 0. The van der Waals surface area contributed by atoms with Gasteiger partial charge in [-0.1, -0.05) is 19.8 Å². The zero-order valence-electron chi connectivity index (χ0n) is 9.91. The summed E-state index contributed by atoms with van der Waals surface area (Å²) in [4.78, 5) is 0. The lowest BCUT2D eigenvalue weighted by molar-refractivity contribution is 0.0848. The van der Waals surface area contributed by atoms with Gasteiger partial charge in [-0.2, -0.15) is 0 Å². The monoisotopic (exact) mass is 208 g/mol. The fourth-order valence-corrected chi connectivity index (χ4v) is 4.42. The average molecular weight is 208 g/mol. The fraction of sp³-hybridized carbons (Fsp3) is 1.00. The third-order valence-corrected chi connectivity index (χ3v) is 5.34.